The van der Waals surface area contributed by atoms with E-state index >= 15 is 0 Å². The summed E-state index contributed by atoms with van der Waals surface area (Å²) in [6.45, 7) is 2.10. The molecule has 2 heterocycles. The first-order valence-electron chi connectivity index (χ1n) is 11.5. The third-order valence-electron chi connectivity index (χ3n) is 6.32. The molecule has 2 aromatic rings. The van der Waals surface area contributed by atoms with Gasteiger partial charge in [0.25, 0.3) is 0 Å². The van der Waals surface area contributed by atoms with Gasteiger partial charge >= 0.3 is 6.18 Å². The standard InChI is InChI=1S/C25H25F5N2O3/c26-20-14-18(33-11-1-2-22-34-12-13-35-22)4-5-19(20)16-7-9-32(10-8-16)21-6-3-17(15-31)23(24(21)27)25(28,29)30/h3-6,14,16,22H,1-2,7-13H2. The number of nitriles is 1. The molecule has 0 radical (unpaired) electrons. The van der Waals surface area contributed by atoms with E-state index in [9.17, 15) is 22.0 Å². The quantitative estimate of drug-likeness (QED) is 0.360. The predicted octanol–water partition coefficient (Wildman–Crippen LogP) is 5.77. The highest BCUT2D eigenvalue weighted by Gasteiger charge is 2.39. The zero-order valence-electron chi connectivity index (χ0n) is 18.9. The zero-order valence-corrected chi connectivity index (χ0v) is 18.9. The summed E-state index contributed by atoms with van der Waals surface area (Å²) in [6.07, 6.45) is -2.90. The minimum absolute atomic E-state index is 0.152. The van der Waals surface area contributed by atoms with Gasteiger partial charge in [0.05, 0.1) is 37.1 Å². The molecule has 2 fully saturated rings. The van der Waals surface area contributed by atoms with Crippen molar-refractivity contribution in [3.8, 4) is 11.8 Å². The molecule has 2 saturated heterocycles. The van der Waals surface area contributed by atoms with Crippen molar-refractivity contribution < 1.29 is 36.2 Å². The molecule has 0 atom stereocenters. The maximum absolute atomic E-state index is 14.8. The van der Waals surface area contributed by atoms with Crippen molar-refractivity contribution >= 4 is 5.69 Å². The van der Waals surface area contributed by atoms with Crippen molar-refractivity contribution in [1.29, 1.82) is 5.26 Å². The molecular weight excluding hydrogens is 471 g/mol. The minimum atomic E-state index is -4.98. The van der Waals surface area contributed by atoms with Crippen LogP contribution < -0.4 is 9.64 Å². The van der Waals surface area contributed by atoms with Crippen molar-refractivity contribution in [2.24, 2.45) is 0 Å². The van der Waals surface area contributed by atoms with Gasteiger partial charge in [0.1, 0.15) is 17.1 Å². The van der Waals surface area contributed by atoms with E-state index in [0.717, 1.165) is 6.07 Å². The molecule has 0 unspecified atom stereocenters. The molecule has 2 aliphatic heterocycles. The van der Waals surface area contributed by atoms with E-state index in [-0.39, 0.29) is 31.0 Å². The normalized spacial score (nSPS) is 17.5. The number of halogens is 5. The fourth-order valence-electron chi connectivity index (χ4n) is 4.55. The third-order valence-corrected chi connectivity index (χ3v) is 6.32. The van der Waals surface area contributed by atoms with Gasteiger partial charge in [-0.1, -0.05) is 6.07 Å². The summed E-state index contributed by atoms with van der Waals surface area (Å²) in [7, 11) is 0. The van der Waals surface area contributed by atoms with Gasteiger partial charge in [-0.3, -0.25) is 0 Å². The van der Waals surface area contributed by atoms with E-state index in [2.05, 4.69) is 0 Å². The number of nitrogens with zero attached hydrogens (tertiary/aromatic N) is 2. The van der Waals surface area contributed by atoms with Gasteiger partial charge < -0.3 is 19.1 Å². The smallest absolute Gasteiger partial charge is 0.420 e. The summed E-state index contributed by atoms with van der Waals surface area (Å²) < 4.78 is 85.8. The van der Waals surface area contributed by atoms with Gasteiger partial charge in [-0.2, -0.15) is 18.4 Å². The topological polar surface area (TPSA) is 54.7 Å². The molecule has 0 aromatic heterocycles. The molecule has 2 aromatic carbocycles. The molecule has 0 bridgehead atoms. The van der Waals surface area contributed by atoms with Crippen LogP contribution in [-0.4, -0.2) is 39.2 Å². The molecule has 0 spiro atoms. The van der Waals surface area contributed by atoms with Crippen LogP contribution in [0.3, 0.4) is 0 Å². The number of piperidine rings is 1. The Labute approximate surface area is 200 Å². The van der Waals surface area contributed by atoms with Crippen LogP contribution in [0.5, 0.6) is 5.75 Å². The number of ether oxygens (including phenoxy) is 3. The first kappa shape index (κ1) is 25.2. The van der Waals surface area contributed by atoms with Gasteiger partial charge in [-0.05, 0) is 48.9 Å². The van der Waals surface area contributed by atoms with Crippen LogP contribution in [0.15, 0.2) is 30.3 Å². The lowest BCUT2D eigenvalue weighted by Gasteiger charge is -2.34. The highest BCUT2D eigenvalue weighted by atomic mass is 19.4. The molecular formula is C25H25F5N2O3. The molecule has 2 aliphatic rings. The minimum Gasteiger partial charge on any atom is -0.493 e. The van der Waals surface area contributed by atoms with Crippen LogP contribution in [0.1, 0.15) is 48.3 Å². The molecule has 0 saturated carbocycles. The summed E-state index contributed by atoms with van der Waals surface area (Å²) >= 11 is 0. The summed E-state index contributed by atoms with van der Waals surface area (Å²) in [5.74, 6) is -1.60. The Hall–Kier alpha value is -2.90. The summed E-state index contributed by atoms with van der Waals surface area (Å²) in [5.41, 5.74) is -2.00. The largest absolute Gasteiger partial charge is 0.493 e. The zero-order chi connectivity index (χ0) is 25.0. The van der Waals surface area contributed by atoms with Gasteiger partial charge in [-0.25, -0.2) is 8.78 Å². The molecule has 0 aliphatic carbocycles. The number of hydrogen-bond donors (Lipinski definition) is 0. The number of anilines is 1. The second-order valence-electron chi connectivity index (χ2n) is 8.54. The predicted molar refractivity (Wildman–Crippen MR) is 117 cm³/mol. The monoisotopic (exact) mass is 496 g/mol. The maximum atomic E-state index is 14.8. The Balaban J connectivity index is 1.35. The average molecular weight is 496 g/mol. The second kappa shape index (κ2) is 10.8. The third kappa shape index (κ3) is 5.85. The summed E-state index contributed by atoms with van der Waals surface area (Å²) in [5, 5.41) is 8.93. The Kier molecular flexibility index (Phi) is 7.77. The van der Waals surface area contributed by atoms with Gasteiger partial charge in [0.2, 0.25) is 0 Å². The van der Waals surface area contributed by atoms with E-state index < -0.39 is 28.9 Å². The number of rotatable bonds is 7. The van der Waals surface area contributed by atoms with Crippen molar-refractivity contribution in [3.63, 3.8) is 0 Å². The van der Waals surface area contributed by atoms with Crippen molar-refractivity contribution in [2.75, 3.05) is 37.8 Å². The van der Waals surface area contributed by atoms with E-state index in [1.807, 2.05) is 0 Å². The van der Waals surface area contributed by atoms with E-state index in [4.69, 9.17) is 19.5 Å². The van der Waals surface area contributed by atoms with Crippen LogP contribution in [0.4, 0.5) is 27.6 Å². The fourth-order valence-corrected chi connectivity index (χ4v) is 4.55. The van der Waals surface area contributed by atoms with Gasteiger partial charge in [-0.15, -0.1) is 0 Å². The van der Waals surface area contributed by atoms with Crippen LogP contribution in [0, 0.1) is 23.0 Å². The summed E-state index contributed by atoms with van der Waals surface area (Å²) in [6, 6.07) is 8.28. The fraction of sp³-hybridized carbons (Fsp3) is 0.480. The van der Waals surface area contributed by atoms with Crippen molar-refractivity contribution in [3.05, 3.63) is 58.7 Å². The lowest BCUT2D eigenvalue weighted by Crippen LogP contribution is -2.34. The highest BCUT2D eigenvalue weighted by molar-refractivity contribution is 5.56. The van der Waals surface area contributed by atoms with Crippen LogP contribution >= 0.6 is 0 Å². The highest BCUT2D eigenvalue weighted by Crippen LogP contribution is 2.39. The Morgan fingerprint density at radius 1 is 1.06 bits per heavy atom. The average Bonchev–Trinajstić information content (AvgIpc) is 3.35. The Morgan fingerprint density at radius 2 is 1.77 bits per heavy atom. The molecule has 5 nitrogen and oxygen atoms in total. The SMILES string of the molecule is N#Cc1ccc(N2CCC(c3ccc(OCCCC4OCCO4)cc3F)CC2)c(F)c1C(F)(F)F. The van der Waals surface area contributed by atoms with Crippen LogP contribution in [-0.2, 0) is 15.7 Å². The number of benzene rings is 2. The number of hydrogen-bond acceptors (Lipinski definition) is 5. The first-order valence-corrected chi connectivity index (χ1v) is 11.5. The second-order valence-corrected chi connectivity index (χ2v) is 8.54. The Morgan fingerprint density at radius 3 is 2.40 bits per heavy atom. The molecule has 10 heteroatoms. The van der Waals surface area contributed by atoms with Crippen molar-refractivity contribution in [2.45, 2.75) is 44.1 Å². The molecule has 0 amide bonds. The molecule has 35 heavy (non-hydrogen) atoms. The van der Waals surface area contributed by atoms with Crippen LogP contribution in [0.25, 0.3) is 0 Å². The van der Waals surface area contributed by atoms with Gasteiger partial charge in [0, 0.05) is 25.6 Å². The lowest BCUT2D eigenvalue weighted by molar-refractivity contribution is -0.140. The summed E-state index contributed by atoms with van der Waals surface area (Å²) in [4.78, 5) is 1.51. The van der Waals surface area contributed by atoms with Crippen LogP contribution in [0.2, 0.25) is 0 Å². The van der Waals surface area contributed by atoms with Gasteiger partial charge in [0.15, 0.2) is 12.1 Å². The lowest BCUT2D eigenvalue weighted by atomic mass is 9.88. The Bertz CT molecular complexity index is 1070. The van der Waals surface area contributed by atoms with Crippen molar-refractivity contribution in [1.82, 2.24) is 0 Å². The maximum Gasteiger partial charge on any atom is 0.420 e. The number of alkyl halides is 3. The van der Waals surface area contributed by atoms with E-state index in [1.54, 1.807) is 12.1 Å². The first-order chi connectivity index (χ1) is 16.8. The van der Waals surface area contributed by atoms with E-state index in [0.29, 0.717) is 56.8 Å². The molecule has 188 valence electrons. The van der Waals surface area contributed by atoms with E-state index in [1.165, 1.54) is 23.1 Å². The molecule has 0 N–H and O–H groups in total. The molecule has 4 rings (SSSR count).